The number of nitrogen functional groups attached to an aromatic ring is 1. The van der Waals surface area contributed by atoms with Gasteiger partial charge in [0.05, 0.1) is 0 Å². The van der Waals surface area contributed by atoms with Crippen molar-refractivity contribution in [3.63, 3.8) is 0 Å². The van der Waals surface area contributed by atoms with Gasteiger partial charge >= 0.3 is 0 Å². The van der Waals surface area contributed by atoms with Crippen molar-refractivity contribution >= 4 is 22.3 Å². The minimum absolute atomic E-state index is 0.680. The van der Waals surface area contributed by atoms with E-state index in [1.54, 1.807) is 6.20 Å². The van der Waals surface area contributed by atoms with Crippen molar-refractivity contribution in [1.29, 1.82) is 0 Å². The van der Waals surface area contributed by atoms with Crippen molar-refractivity contribution in [3.05, 3.63) is 30.0 Å². The van der Waals surface area contributed by atoms with E-state index >= 15 is 0 Å². The molecule has 90 valence electrons. The van der Waals surface area contributed by atoms with Crippen LogP contribution in [-0.4, -0.2) is 18.1 Å². The normalized spacial score (nSPS) is 10.7. The van der Waals surface area contributed by atoms with E-state index in [0.717, 1.165) is 40.8 Å². The Hall–Kier alpha value is -1.81. The van der Waals surface area contributed by atoms with Gasteiger partial charge in [0.2, 0.25) is 0 Å². The fourth-order valence-electron chi connectivity index (χ4n) is 1.84. The quantitative estimate of drug-likeness (QED) is 0.553. The van der Waals surface area contributed by atoms with E-state index in [2.05, 4.69) is 16.4 Å². The Morgan fingerprint density at radius 1 is 1.24 bits per heavy atom. The summed E-state index contributed by atoms with van der Waals surface area (Å²) >= 11 is 0. The minimum Gasteiger partial charge on any atom is -0.398 e. The first-order chi connectivity index (χ1) is 8.24. The number of nitrogens with one attached hydrogen (secondary N) is 1. The Balaban J connectivity index is 2.40. The smallest absolute Gasteiger partial charge is 0.133 e. The van der Waals surface area contributed by atoms with Gasteiger partial charge in [-0.25, -0.2) is 4.98 Å². The Morgan fingerprint density at radius 2 is 2.06 bits per heavy atom. The maximum atomic E-state index is 6.07. The number of nitrogens with zero attached hydrogens (tertiary/aromatic N) is 1. The lowest BCUT2D eigenvalue weighted by Gasteiger charge is -2.10. The van der Waals surface area contributed by atoms with Crippen LogP contribution >= 0.6 is 0 Å². The highest BCUT2D eigenvalue weighted by Gasteiger charge is 2.05. The molecule has 0 saturated heterocycles. The van der Waals surface area contributed by atoms with Crippen LogP contribution in [-0.2, 0) is 0 Å². The largest absolute Gasteiger partial charge is 0.398 e. The molecule has 4 heteroatoms. The second-order valence-electron chi connectivity index (χ2n) is 4.12. The SMILES string of the molecule is Cc1ccc2c(NCCCN)nccc2c1N. The molecule has 0 unspecified atom stereocenters. The van der Waals surface area contributed by atoms with Crippen molar-refractivity contribution in [3.8, 4) is 0 Å². The zero-order valence-electron chi connectivity index (χ0n) is 10.0. The third-order valence-corrected chi connectivity index (χ3v) is 2.88. The molecule has 0 radical (unpaired) electrons. The predicted octanol–water partition coefficient (Wildman–Crippen LogP) is 1.89. The summed E-state index contributed by atoms with van der Waals surface area (Å²) < 4.78 is 0. The van der Waals surface area contributed by atoms with Gasteiger partial charge in [-0.15, -0.1) is 0 Å². The lowest BCUT2D eigenvalue weighted by molar-refractivity contribution is 0.871. The van der Waals surface area contributed by atoms with Gasteiger partial charge in [0.15, 0.2) is 0 Å². The first kappa shape index (κ1) is 11.7. The second kappa shape index (κ2) is 5.01. The number of benzene rings is 1. The zero-order chi connectivity index (χ0) is 12.3. The van der Waals surface area contributed by atoms with E-state index < -0.39 is 0 Å². The number of aromatic nitrogens is 1. The molecule has 1 heterocycles. The first-order valence-corrected chi connectivity index (χ1v) is 5.81. The highest BCUT2D eigenvalue weighted by molar-refractivity contribution is 6.00. The third-order valence-electron chi connectivity index (χ3n) is 2.88. The van der Waals surface area contributed by atoms with Gasteiger partial charge in [-0.1, -0.05) is 12.1 Å². The standard InChI is InChI=1S/C13H18N4/c1-9-3-4-11-10(12(9)15)5-8-17-13(11)16-7-2-6-14/h3-5,8H,2,6-7,14-15H2,1H3,(H,16,17). The van der Waals surface area contributed by atoms with Gasteiger partial charge < -0.3 is 16.8 Å². The minimum atomic E-state index is 0.680. The number of pyridine rings is 1. The van der Waals surface area contributed by atoms with Crippen LogP contribution in [0.5, 0.6) is 0 Å². The molecule has 0 amide bonds. The van der Waals surface area contributed by atoms with Gasteiger partial charge in [0, 0.05) is 29.2 Å². The molecular weight excluding hydrogens is 212 g/mol. The predicted molar refractivity (Wildman–Crippen MR) is 73.1 cm³/mol. The van der Waals surface area contributed by atoms with Gasteiger partial charge in [-0.3, -0.25) is 0 Å². The van der Waals surface area contributed by atoms with Gasteiger partial charge in [-0.2, -0.15) is 0 Å². The van der Waals surface area contributed by atoms with Crippen LogP contribution in [0.25, 0.3) is 10.8 Å². The van der Waals surface area contributed by atoms with Crippen LogP contribution in [0.1, 0.15) is 12.0 Å². The van der Waals surface area contributed by atoms with Gasteiger partial charge in [0.1, 0.15) is 5.82 Å². The Labute approximate surface area is 101 Å². The van der Waals surface area contributed by atoms with Crippen LogP contribution in [0.15, 0.2) is 24.4 Å². The van der Waals surface area contributed by atoms with E-state index in [1.807, 2.05) is 19.1 Å². The van der Waals surface area contributed by atoms with Crippen molar-refractivity contribution in [2.75, 3.05) is 24.1 Å². The summed E-state index contributed by atoms with van der Waals surface area (Å²) in [5, 5.41) is 5.40. The molecule has 0 saturated carbocycles. The van der Waals surface area contributed by atoms with E-state index in [0.29, 0.717) is 6.54 Å². The van der Waals surface area contributed by atoms with Crippen molar-refractivity contribution in [2.45, 2.75) is 13.3 Å². The van der Waals surface area contributed by atoms with E-state index in [1.165, 1.54) is 0 Å². The molecule has 4 nitrogen and oxygen atoms in total. The molecule has 0 bridgehead atoms. The molecule has 2 rings (SSSR count). The zero-order valence-corrected chi connectivity index (χ0v) is 10.0. The summed E-state index contributed by atoms with van der Waals surface area (Å²) in [6.07, 6.45) is 2.71. The number of aryl methyl sites for hydroxylation is 1. The number of hydrogen-bond acceptors (Lipinski definition) is 4. The second-order valence-corrected chi connectivity index (χ2v) is 4.12. The number of hydrogen-bond donors (Lipinski definition) is 3. The molecule has 0 fully saturated rings. The molecule has 17 heavy (non-hydrogen) atoms. The lowest BCUT2D eigenvalue weighted by atomic mass is 10.1. The summed E-state index contributed by atoms with van der Waals surface area (Å²) in [5.41, 5.74) is 13.5. The number of anilines is 2. The van der Waals surface area contributed by atoms with Gasteiger partial charge in [0.25, 0.3) is 0 Å². The van der Waals surface area contributed by atoms with Crippen LogP contribution in [0, 0.1) is 6.92 Å². The maximum absolute atomic E-state index is 6.07. The van der Waals surface area contributed by atoms with E-state index in [-0.39, 0.29) is 0 Å². The third kappa shape index (κ3) is 2.31. The van der Waals surface area contributed by atoms with Crippen molar-refractivity contribution < 1.29 is 0 Å². The first-order valence-electron chi connectivity index (χ1n) is 5.81. The van der Waals surface area contributed by atoms with Crippen LogP contribution in [0.2, 0.25) is 0 Å². The molecule has 1 aromatic heterocycles. The summed E-state index contributed by atoms with van der Waals surface area (Å²) in [5.74, 6) is 0.877. The van der Waals surface area contributed by atoms with Crippen molar-refractivity contribution in [2.24, 2.45) is 5.73 Å². The highest BCUT2D eigenvalue weighted by atomic mass is 15.0. The Bertz CT molecular complexity index is 522. The van der Waals surface area contributed by atoms with Crippen LogP contribution in [0.3, 0.4) is 0 Å². The van der Waals surface area contributed by atoms with E-state index in [4.69, 9.17) is 11.5 Å². The summed E-state index contributed by atoms with van der Waals surface area (Å²) in [6.45, 7) is 3.52. The fourth-order valence-corrected chi connectivity index (χ4v) is 1.84. The molecule has 0 atom stereocenters. The summed E-state index contributed by atoms with van der Waals surface area (Å²) in [4.78, 5) is 4.34. The number of fused-ring (bicyclic) bond motifs is 1. The van der Waals surface area contributed by atoms with Crippen molar-refractivity contribution in [1.82, 2.24) is 4.98 Å². The average Bonchev–Trinajstić information content (AvgIpc) is 2.35. The maximum Gasteiger partial charge on any atom is 0.133 e. The Kier molecular flexibility index (Phi) is 3.44. The number of rotatable bonds is 4. The Morgan fingerprint density at radius 3 is 2.82 bits per heavy atom. The summed E-state index contributed by atoms with van der Waals surface area (Å²) in [7, 11) is 0. The molecule has 1 aromatic carbocycles. The van der Waals surface area contributed by atoms with Crippen LogP contribution in [0.4, 0.5) is 11.5 Å². The monoisotopic (exact) mass is 230 g/mol. The number of nitrogens with two attached hydrogens (primary N) is 2. The molecule has 0 aliphatic heterocycles. The molecule has 2 aromatic rings. The van der Waals surface area contributed by atoms with Crippen LogP contribution < -0.4 is 16.8 Å². The molecule has 0 aliphatic carbocycles. The molecule has 0 spiro atoms. The highest BCUT2D eigenvalue weighted by Crippen LogP contribution is 2.28. The summed E-state index contributed by atoms with van der Waals surface area (Å²) in [6, 6.07) is 6.03. The average molecular weight is 230 g/mol. The van der Waals surface area contributed by atoms with Gasteiger partial charge in [-0.05, 0) is 31.5 Å². The lowest BCUT2D eigenvalue weighted by Crippen LogP contribution is -2.09. The molecular formula is C13H18N4. The fraction of sp³-hybridized carbons (Fsp3) is 0.308. The van der Waals surface area contributed by atoms with E-state index in [9.17, 15) is 0 Å². The molecule has 5 N–H and O–H groups in total. The topological polar surface area (TPSA) is 77.0 Å². The molecule has 0 aliphatic rings.